The summed E-state index contributed by atoms with van der Waals surface area (Å²) in [5.41, 5.74) is 1.75. The normalized spacial score (nSPS) is 15.9. The van der Waals surface area contributed by atoms with Crippen LogP contribution in [0.25, 0.3) is 0 Å². The predicted molar refractivity (Wildman–Crippen MR) is 112 cm³/mol. The van der Waals surface area contributed by atoms with Crippen molar-refractivity contribution < 1.29 is 19.1 Å². The fourth-order valence-electron chi connectivity index (χ4n) is 2.84. The Morgan fingerprint density at radius 3 is 2.64 bits per heavy atom. The maximum Gasteiger partial charge on any atom is 0.255 e. The molecule has 1 atom stereocenters. The lowest BCUT2D eigenvalue weighted by atomic mass is 10.2. The van der Waals surface area contributed by atoms with E-state index in [-0.39, 0.29) is 17.9 Å². The molecule has 0 radical (unpaired) electrons. The third-order valence-corrected chi connectivity index (χ3v) is 4.99. The van der Waals surface area contributed by atoms with Crippen LogP contribution in [0.15, 0.2) is 46.9 Å². The van der Waals surface area contributed by atoms with Gasteiger partial charge in [0.05, 0.1) is 10.6 Å². The zero-order valence-electron chi connectivity index (χ0n) is 15.7. The van der Waals surface area contributed by atoms with Gasteiger partial charge < -0.3 is 20.1 Å². The van der Waals surface area contributed by atoms with E-state index >= 15 is 0 Å². The Morgan fingerprint density at radius 2 is 1.96 bits per heavy atom. The van der Waals surface area contributed by atoms with Gasteiger partial charge >= 0.3 is 0 Å². The summed E-state index contributed by atoms with van der Waals surface area (Å²) in [5, 5.41) is 5.62. The summed E-state index contributed by atoms with van der Waals surface area (Å²) in [6, 6.07) is 12.3. The number of hydrogen-bond acceptors (Lipinski definition) is 4. The van der Waals surface area contributed by atoms with E-state index in [1.54, 1.807) is 49.4 Å². The van der Waals surface area contributed by atoms with Crippen LogP contribution in [-0.2, 0) is 9.53 Å². The first-order chi connectivity index (χ1) is 13.5. The average Bonchev–Trinajstić information content (AvgIpc) is 3.20. The molecule has 6 nitrogen and oxygen atoms in total. The smallest absolute Gasteiger partial charge is 0.255 e. The van der Waals surface area contributed by atoms with Gasteiger partial charge in [-0.05, 0) is 65.2 Å². The lowest BCUT2D eigenvalue weighted by Crippen LogP contribution is -2.17. The van der Waals surface area contributed by atoms with Crippen molar-refractivity contribution in [2.75, 3.05) is 23.8 Å². The molecule has 148 valence electrons. The minimum absolute atomic E-state index is 0.0778. The van der Waals surface area contributed by atoms with E-state index in [4.69, 9.17) is 9.47 Å². The topological polar surface area (TPSA) is 76.7 Å². The quantitative estimate of drug-likeness (QED) is 0.650. The van der Waals surface area contributed by atoms with Crippen LogP contribution in [0.1, 0.15) is 36.5 Å². The SMILES string of the molecule is CCC(=O)Nc1cccc(NC(=O)c2ccc(OCC3CCCO3)c(Br)c2)c1. The van der Waals surface area contributed by atoms with Gasteiger partial charge in [0.15, 0.2) is 0 Å². The number of hydrogen-bond donors (Lipinski definition) is 2. The highest BCUT2D eigenvalue weighted by Crippen LogP contribution is 2.27. The van der Waals surface area contributed by atoms with Gasteiger partial charge in [-0.2, -0.15) is 0 Å². The second kappa shape index (κ2) is 9.71. The molecule has 1 unspecified atom stereocenters. The zero-order chi connectivity index (χ0) is 19.9. The molecule has 1 aliphatic heterocycles. The Hall–Kier alpha value is -2.38. The lowest BCUT2D eigenvalue weighted by molar-refractivity contribution is -0.115. The number of halogens is 1. The zero-order valence-corrected chi connectivity index (χ0v) is 17.3. The van der Waals surface area contributed by atoms with Crippen molar-refractivity contribution in [1.82, 2.24) is 0 Å². The van der Waals surface area contributed by atoms with Gasteiger partial charge in [-0.25, -0.2) is 0 Å². The maximum atomic E-state index is 12.6. The van der Waals surface area contributed by atoms with Gasteiger partial charge in [-0.1, -0.05) is 13.0 Å². The Morgan fingerprint density at radius 1 is 1.18 bits per heavy atom. The fourth-order valence-corrected chi connectivity index (χ4v) is 3.34. The summed E-state index contributed by atoms with van der Waals surface area (Å²) in [6.45, 7) is 3.07. The van der Waals surface area contributed by atoms with E-state index in [9.17, 15) is 9.59 Å². The molecule has 2 aromatic rings. The highest BCUT2D eigenvalue weighted by Gasteiger charge is 2.17. The molecule has 1 aliphatic rings. The van der Waals surface area contributed by atoms with E-state index in [0.29, 0.717) is 40.2 Å². The molecule has 28 heavy (non-hydrogen) atoms. The molecule has 2 aromatic carbocycles. The van der Waals surface area contributed by atoms with Crippen molar-refractivity contribution in [3.05, 3.63) is 52.5 Å². The van der Waals surface area contributed by atoms with E-state index in [2.05, 4.69) is 26.6 Å². The number of anilines is 2. The Bertz CT molecular complexity index is 850. The predicted octanol–water partition coefficient (Wildman–Crippen LogP) is 4.61. The second-order valence-corrected chi connectivity index (χ2v) is 7.38. The summed E-state index contributed by atoms with van der Waals surface area (Å²) in [7, 11) is 0. The summed E-state index contributed by atoms with van der Waals surface area (Å²) in [6.07, 6.45) is 2.61. The molecule has 7 heteroatoms. The van der Waals surface area contributed by atoms with Gasteiger partial charge in [0, 0.05) is 30.0 Å². The minimum Gasteiger partial charge on any atom is -0.490 e. The van der Waals surface area contributed by atoms with Crippen LogP contribution in [-0.4, -0.2) is 31.1 Å². The molecule has 2 N–H and O–H groups in total. The molecule has 0 bridgehead atoms. The van der Waals surface area contributed by atoms with Crippen LogP contribution in [0.4, 0.5) is 11.4 Å². The van der Waals surface area contributed by atoms with Gasteiger partial charge in [-0.15, -0.1) is 0 Å². The Labute approximate surface area is 172 Å². The molecule has 1 fully saturated rings. The first kappa shape index (κ1) is 20.4. The van der Waals surface area contributed by atoms with E-state index in [0.717, 1.165) is 19.4 Å². The monoisotopic (exact) mass is 446 g/mol. The van der Waals surface area contributed by atoms with Crippen molar-refractivity contribution in [2.45, 2.75) is 32.3 Å². The average molecular weight is 447 g/mol. The van der Waals surface area contributed by atoms with Crippen molar-refractivity contribution in [2.24, 2.45) is 0 Å². The lowest BCUT2D eigenvalue weighted by Gasteiger charge is -2.13. The largest absolute Gasteiger partial charge is 0.490 e. The summed E-state index contributed by atoms with van der Waals surface area (Å²) >= 11 is 3.46. The fraction of sp³-hybridized carbons (Fsp3) is 0.333. The van der Waals surface area contributed by atoms with Crippen molar-refractivity contribution in [3.8, 4) is 5.75 Å². The van der Waals surface area contributed by atoms with E-state index in [1.165, 1.54) is 0 Å². The first-order valence-corrected chi connectivity index (χ1v) is 10.1. The standard InChI is InChI=1S/C21H23BrN2O4/c1-2-20(25)23-15-5-3-6-16(12-15)24-21(26)14-8-9-19(18(22)11-14)28-13-17-7-4-10-27-17/h3,5-6,8-9,11-12,17H,2,4,7,10,13H2,1H3,(H,23,25)(H,24,26). The van der Waals surface area contributed by atoms with Gasteiger partial charge in [0.2, 0.25) is 5.91 Å². The number of benzene rings is 2. The van der Waals surface area contributed by atoms with Crippen LogP contribution < -0.4 is 15.4 Å². The summed E-state index contributed by atoms with van der Waals surface area (Å²) in [5.74, 6) is 0.354. The molecule has 0 spiro atoms. The van der Waals surface area contributed by atoms with Crippen LogP contribution in [0.5, 0.6) is 5.75 Å². The number of rotatable bonds is 7. The molecular weight excluding hydrogens is 424 g/mol. The van der Waals surface area contributed by atoms with Gasteiger partial charge in [0.1, 0.15) is 12.4 Å². The molecule has 2 amide bonds. The van der Waals surface area contributed by atoms with E-state index in [1.807, 2.05) is 0 Å². The van der Waals surface area contributed by atoms with Gasteiger partial charge in [-0.3, -0.25) is 9.59 Å². The van der Waals surface area contributed by atoms with Crippen LogP contribution in [0.3, 0.4) is 0 Å². The first-order valence-electron chi connectivity index (χ1n) is 9.30. The molecule has 1 saturated heterocycles. The maximum absolute atomic E-state index is 12.6. The Balaban J connectivity index is 1.61. The molecular formula is C21H23BrN2O4. The van der Waals surface area contributed by atoms with Crippen LogP contribution in [0, 0.1) is 0 Å². The molecule has 1 heterocycles. The molecule has 0 aromatic heterocycles. The number of carbonyl (C=O) groups is 2. The molecule has 0 saturated carbocycles. The summed E-state index contributed by atoms with van der Waals surface area (Å²) < 4.78 is 12.1. The third-order valence-electron chi connectivity index (χ3n) is 4.37. The van der Waals surface area contributed by atoms with Crippen LogP contribution >= 0.6 is 15.9 Å². The highest BCUT2D eigenvalue weighted by atomic mass is 79.9. The third kappa shape index (κ3) is 5.56. The Kier molecular flexibility index (Phi) is 7.06. The van der Waals surface area contributed by atoms with Crippen LogP contribution in [0.2, 0.25) is 0 Å². The van der Waals surface area contributed by atoms with E-state index < -0.39 is 0 Å². The van der Waals surface area contributed by atoms with Crippen molar-refractivity contribution in [3.63, 3.8) is 0 Å². The van der Waals surface area contributed by atoms with Gasteiger partial charge in [0.25, 0.3) is 5.91 Å². The van der Waals surface area contributed by atoms with Crippen molar-refractivity contribution in [1.29, 1.82) is 0 Å². The summed E-state index contributed by atoms with van der Waals surface area (Å²) in [4.78, 5) is 24.1. The highest BCUT2D eigenvalue weighted by molar-refractivity contribution is 9.10. The number of carbonyl (C=O) groups excluding carboxylic acids is 2. The second-order valence-electron chi connectivity index (χ2n) is 6.53. The minimum atomic E-state index is -0.245. The number of nitrogens with one attached hydrogen (secondary N) is 2. The molecule has 0 aliphatic carbocycles. The number of ether oxygens (including phenoxy) is 2. The number of amides is 2. The van der Waals surface area contributed by atoms with Crippen molar-refractivity contribution >= 4 is 39.1 Å². The molecule has 3 rings (SSSR count).